The zero-order valence-corrected chi connectivity index (χ0v) is 12.9. The van der Waals surface area contributed by atoms with Crippen LogP contribution >= 0.6 is 0 Å². The third-order valence-electron chi connectivity index (χ3n) is 3.43. The number of halogens is 1. The molecule has 24 heavy (non-hydrogen) atoms. The zero-order chi connectivity index (χ0) is 17.1. The lowest BCUT2D eigenvalue weighted by Crippen LogP contribution is -2.03. The maximum atomic E-state index is 12.8. The van der Waals surface area contributed by atoms with Crippen LogP contribution in [0.2, 0.25) is 0 Å². The molecule has 0 aliphatic heterocycles. The minimum atomic E-state index is -1.37. The van der Waals surface area contributed by atoms with E-state index in [0.717, 1.165) is 16.8 Å². The van der Waals surface area contributed by atoms with Gasteiger partial charge in [0.25, 0.3) is 0 Å². The summed E-state index contributed by atoms with van der Waals surface area (Å²) < 4.78 is 19.4. The van der Waals surface area contributed by atoms with Crippen LogP contribution in [0.3, 0.4) is 0 Å². The van der Waals surface area contributed by atoms with Crippen molar-refractivity contribution in [1.29, 1.82) is 0 Å². The number of nitrogens with zero attached hydrogens (tertiary/aromatic N) is 2. The van der Waals surface area contributed by atoms with Crippen LogP contribution in [0.25, 0.3) is 16.8 Å². The Morgan fingerprint density at radius 1 is 1.21 bits per heavy atom. The highest BCUT2D eigenvalue weighted by Crippen LogP contribution is 2.22. The standard InChI is InChI=1S/C18H15FN2O3/c1-12(19)24-17-7-5-16(6-8-17)21-11-15(10-20-21)13-3-2-4-14(9-13)18(22)23/h2-12H,1H3,(H,22,23). The third kappa shape index (κ3) is 3.43. The van der Waals surface area contributed by atoms with Crippen LogP contribution in [-0.2, 0) is 0 Å². The molecule has 1 aromatic heterocycles. The normalized spacial score (nSPS) is 11.9. The van der Waals surface area contributed by atoms with Gasteiger partial charge in [0.05, 0.1) is 17.4 Å². The molecular formula is C18H15FN2O3. The van der Waals surface area contributed by atoms with Crippen LogP contribution in [-0.4, -0.2) is 27.2 Å². The fourth-order valence-corrected chi connectivity index (χ4v) is 2.31. The van der Waals surface area contributed by atoms with Gasteiger partial charge in [-0.2, -0.15) is 5.10 Å². The van der Waals surface area contributed by atoms with E-state index in [4.69, 9.17) is 9.84 Å². The first kappa shape index (κ1) is 15.7. The highest BCUT2D eigenvalue weighted by Gasteiger charge is 2.08. The molecule has 0 spiro atoms. The van der Waals surface area contributed by atoms with Gasteiger partial charge >= 0.3 is 5.97 Å². The van der Waals surface area contributed by atoms with E-state index in [-0.39, 0.29) is 5.56 Å². The van der Waals surface area contributed by atoms with Crippen LogP contribution < -0.4 is 4.74 Å². The zero-order valence-electron chi connectivity index (χ0n) is 12.9. The van der Waals surface area contributed by atoms with Gasteiger partial charge in [-0.05, 0) is 42.0 Å². The van der Waals surface area contributed by atoms with Crippen molar-refractivity contribution in [2.45, 2.75) is 13.3 Å². The topological polar surface area (TPSA) is 64.3 Å². The summed E-state index contributed by atoms with van der Waals surface area (Å²) in [6.07, 6.45) is 2.09. The van der Waals surface area contributed by atoms with Gasteiger partial charge in [0.1, 0.15) is 5.75 Å². The van der Waals surface area contributed by atoms with E-state index in [1.54, 1.807) is 59.5 Å². The van der Waals surface area contributed by atoms with E-state index in [2.05, 4.69) is 5.10 Å². The van der Waals surface area contributed by atoms with E-state index in [9.17, 15) is 9.18 Å². The summed E-state index contributed by atoms with van der Waals surface area (Å²) in [5, 5.41) is 13.4. The molecule has 0 saturated heterocycles. The number of carboxylic acid groups (broad SMARTS) is 1. The molecule has 122 valence electrons. The van der Waals surface area contributed by atoms with Crippen LogP contribution in [0.15, 0.2) is 60.9 Å². The largest absolute Gasteiger partial charge is 0.478 e. The average molecular weight is 326 g/mol. The van der Waals surface area contributed by atoms with E-state index in [1.807, 2.05) is 6.07 Å². The fraction of sp³-hybridized carbons (Fsp3) is 0.111. The molecular weight excluding hydrogens is 311 g/mol. The maximum absolute atomic E-state index is 12.8. The second-order valence-corrected chi connectivity index (χ2v) is 5.21. The molecule has 0 amide bonds. The number of carbonyl (C=O) groups is 1. The molecule has 0 saturated carbocycles. The van der Waals surface area contributed by atoms with Gasteiger partial charge in [0.2, 0.25) is 6.36 Å². The lowest BCUT2D eigenvalue weighted by Gasteiger charge is -2.07. The van der Waals surface area contributed by atoms with Crippen molar-refractivity contribution in [1.82, 2.24) is 9.78 Å². The van der Waals surface area contributed by atoms with Crippen LogP contribution in [0.4, 0.5) is 4.39 Å². The van der Waals surface area contributed by atoms with Crippen molar-refractivity contribution in [2.24, 2.45) is 0 Å². The van der Waals surface area contributed by atoms with Gasteiger partial charge in [0, 0.05) is 18.7 Å². The smallest absolute Gasteiger partial charge is 0.335 e. The molecule has 1 atom stereocenters. The first-order chi connectivity index (χ1) is 11.5. The molecule has 1 N–H and O–H groups in total. The average Bonchev–Trinajstić information content (AvgIpc) is 3.05. The third-order valence-corrected chi connectivity index (χ3v) is 3.43. The predicted octanol–water partition coefficient (Wildman–Crippen LogP) is 3.93. The Morgan fingerprint density at radius 2 is 1.96 bits per heavy atom. The van der Waals surface area contributed by atoms with E-state index in [1.165, 1.54) is 6.92 Å². The number of hydrogen-bond donors (Lipinski definition) is 1. The molecule has 1 heterocycles. The van der Waals surface area contributed by atoms with E-state index >= 15 is 0 Å². The summed E-state index contributed by atoms with van der Waals surface area (Å²) in [5.41, 5.74) is 2.58. The molecule has 6 heteroatoms. The Morgan fingerprint density at radius 3 is 2.62 bits per heavy atom. The van der Waals surface area contributed by atoms with Gasteiger partial charge < -0.3 is 9.84 Å². The Kier molecular flexibility index (Phi) is 4.29. The van der Waals surface area contributed by atoms with Gasteiger partial charge in [-0.25, -0.2) is 13.9 Å². The van der Waals surface area contributed by atoms with Gasteiger partial charge in [-0.1, -0.05) is 12.1 Å². The molecule has 2 aromatic carbocycles. The molecule has 0 radical (unpaired) electrons. The summed E-state index contributed by atoms with van der Waals surface area (Å²) in [5.74, 6) is -0.530. The maximum Gasteiger partial charge on any atom is 0.335 e. The number of carboxylic acids is 1. The van der Waals surface area contributed by atoms with Crippen molar-refractivity contribution < 1.29 is 19.0 Å². The molecule has 0 fully saturated rings. The molecule has 0 aliphatic carbocycles. The van der Waals surface area contributed by atoms with Crippen molar-refractivity contribution in [2.75, 3.05) is 0 Å². The summed E-state index contributed by atoms with van der Waals surface area (Å²) >= 11 is 0. The van der Waals surface area contributed by atoms with Gasteiger partial charge in [-0.3, -0.25) is 0 Å². The van der Waals surface area contributed by atoms with Crippen LogP contribution in [0.5, 0.6) is 5.75 Å². The Bertz CT molecular complexity index is 857. The lowest BCUT2D eigenvalue weighted by molar-refractivity contribution is 0.0696. The summed E-state index contributed by atoms with van der Waals surface area (Å²) in [4.78, 5) is 11.1. The molecule has 3 aromatic rings. The highest BCUT2D eigenvalue weighted by molar-refractivity contribution is 5.89. The van der Waals surface area contributed by atoms with Gasteiger partial charge in [0.15, 0.2) is 0 Å². The van der Waals surface area contributed by atoms with Crippen molar-refractivity contribution in [3.8, 4) is 22.6 Å². The molecule has 0 bridgehead atoms. The number of rotatable bonds is 5. The van der Waals surface area contributed by atoms with Crippen LogP contribution in [0, 0.1) is 0 Å². The summed E-state index contributed by atoms with van der Waals surface area (Å²) in [7, 11) is 0. The monoisotopic (exact) mass is 326 g/mol. The van der Waals surface area contributed by atoms with Gasteiger partial charge in [-0.15, -0.1) is 0 Å². The first-order valence-electron chi connectivity index (χ1n) is 7.32. The molecule has 1 unspecified atom stereocenters. The van der Waals surface area contributed by atoms with Crippen LogP contribution in [0.1, 0.15) is 17.3 Å². The number of benzene rings is 2. The molecule has 5 nitrogen and oxygen atoms in total. The number of aromatic nitrogens is 2. The minimum Gasteiger partial charge on any atom is -0.478 e. The fourth-order valence-electron chi connectivity index (χ4n) is 2.31. The SMILES string of the molecule is CC(F)Oc1ccc(-n2cc(-c3cccc(C(=O)O)c3)cn2)cc1. The quantitative estimate of drug-likeness (QED) is 0.771. The Balaban J connectivity index is 1.85. The Labute approximate surface area is 137 Å². The summed E-state index contributed by atoms with van der Waals surface area (Å²) in [6, 6.07) is 13.5. The predicted molar refractivity (Wildman–Crippen MR) is 87.2 cm³/mol. The van der Waals surface area contributed by atoms with Crippen molar-refractivity contribution in [3.63, 3.8) is 0 Å². The number of hydrogen-bond acceptors (Lipinski definition) is 3. The number of alkyl halides is 1. The highest BCUT2D eigenvalue weighted by atomic mass is 19.1. The molecule has 3 rings (SSSR count). The Hall–Kier alpha value is -3.15. The number of aromatic carboxylic acids is 1. The van der Waals surface area contributed by atoms with E-state index in [0.29, 0.717) is 5.75 Å². The second-order valence-electron chi connectivity index (χ2n) is 5.21. The van der Waals surface area contributed by atoms with Crippen molar-refractivity contribution in [3.05, 3.63) is 66.5 Å². The first-order valence-corrected chi connectivity index (χ1v) is 7.32. The van der Waals surface area contributed by atoms with E-state index < -0.39 is 12.3 Å². The minimum absolute atomic E-state index is 0.224. The number of ether oxygens (including phenoxy) is 1. The second kappa shape index (κ2) is 6.54. The summed E-state index contributed by atoms with van der Waals surface area (Å²) in [6.45, 7) is 1.32. The molecule has 0 aliphatic rings. The van der Waals surface area contributed by atoms with Crippen molar-refractivity contribution >= 4 is 5.97 Å². The lowest BCUT2D eigenvalue weighted by atomic mass is 10.1.